The van der Waals surface area contributed by atoms with Crippen LogP contribution in [0.5, 0.6) is 0 Å². The summed E-state index contributed by atoms with van der Waals surface area (Å²) >= 11 is 0. The Hall–Kier alpha value is -1.30. The first-order valence-electron chi connectivity index (χ1n) is 9.75. The second kappa shape index (κ2) is 5.60. The molecule has 0 aromatic carbocycles. The Kier molecular flexibility index (Phi) is 3.89. The number of aliphatic hydroxyl groups is 2. The van der Waals surface area contributed by atoms with Gasteiger partial charge in [0.15, 0.2) is 11.6 Å². The monoisotopic (exact) mass is 359 g/mol. The Morgan fingerprint density at radius 3 is 2.77 bits per heavy atom. The molecule has 0 aromatic rings. The van der Waals surface area contributed by atoms with E-state index in [9.17, 15) is 19.8 Å². The predicted molar refractivity (Wildman–Crippen MR) is 97.0 cm³/mol. The molecule has 142 valence electrons. The number of aliphatic hydroxyl groups excluding tert-OH is 1. The molecule has 4 rings (SSSR count). The maximum Gasteiger partial charge on any atom is 0.178 e. The summed E-state index contributed by atoms with van der Waals surface area (Å²) in [7, 11) is 0. The van der Waals surface area contributed by atoms with E-state index in [-0.39, 0.29) is 41.3 Å². The first-order valence-corrected chi connectivity index (χ1v) is 9.75. The van der Waals surface area contributed by atoms with Gasteiger partial charge in [-0.25, -0.2) is 0 Å². The number of ketones is 2. The highest BCUT2D eigenvalue weighted by atomic mass is 16.3. The van der Waals surface area contributed by atoms with E-state index in [1.807, 2.05) is 13.0 Å². The van der Waals surface area contributed by atoms with Gasteiger partial charge in [-0.3, -0.25) is 9.59 Å². The molecule has 7 atom stereocenters. The summed E-state index contributed by atoms with van der Waals surface area (Å²) in [5.74, 6) is 0.137. The first-order chi connectivity index (χ1) is 12.2. The summed E-state index contributed by atoms with van der Waals surface area (Å²) in [5.41, 5.74) is 4.29. The third-order valence-electron chi connectivity index (χ3n) is 8.29. The zero-order chi connectivity index (χ0) is 18.9. The van der Waals surface area contributed by atoms with Gasteiger partial charge in [-0.05, 0) is 56.1 Å². The van der Waals surface area contributed by atoms with Crippen molar-refractivity contribution in [1.29, 1.82) is 0 Å². The molecule has 0 bridgehead atoms. The molecule has 5 heteroatoms. The molecule has 0 unspecified atom stereocenters. The van der Waals surface area contributed by atoms with Crippen molar-refractivity contribution in [3.05, 3.63) is 23.8 Å². The molecule has 26 heavy (non-hydrogen) atoms. The molecule has 3 saturated carbocycles. The number of carbonyl (C=O) groups is 2. The van der Waals surface area contributed by atoms with Gasteiger partial charge in [-0.2, -0.15) is 0 Å². The molecule has 0 aromatic heterocycles. The quantitative estimate of drug-likeness (QED) is 0.694. The highest BCUT2D eigenvalue weighted by Gasteiger charge is 2.67. The summed E-state index contributed by atoms with van der Waals surface area (Å²) < 4.78 is 0. The van der Waals surface area contributed by atoms with E-state index in [4.69, 9.17) is 5.73 Å². The largest absolute Gasteiger partial charge is 0.393 e. The molecule has 4 aliphatic carbocycles. The number of rotatable bonds is 2. The minimum absolute atomic E-state index is 0.0141. The molecule has 4 aliphatic rings. The highest BCUT2D eigenvalue weighted by molar-refractivity contribution is 6.01. The molecule has 3 fully saturated rings. The second-order valence-corrected chi connectivity index (χ2v) is 9.24. The Morgan fingerprint density at radius 2 is 2.08 bits per heavy atom. The van der Waals surface area contributed by atoms with Crippen molar-refractivity contribution < 1.29 is 19.8 Å². The molecule has 0 aliphatic heterocycles. The van der Waals surface area contributed by atoms with Crippen LogP contribution in [-0.2, 0) is 9.59 Å². The van der Waals surface area contributed by atoms with Crippen molar-refractivity contribution in [3.8, 4) is 0 Å². The predicted octanol–water partition coefficient (Wildman–Crippen LogP) is 1.52. The normalized spacial score (nSPS) is 49.9. The lowest BCUT2D eigenvalue weighted by atomic mass is 9.46. The van der Waals surface area contributed by atoms with Crippen LogP contribution in [0.4, 0.5) is 0 Å². The van der Waals surface area contributed by atoms with Crippen LogP contribution < -0.4 is 5.73 Å². The van der Waals surface area contributed by atoms with E-state index < -0.39 is 17.1 Å². The molecule has 0 radical (unpaired) electrons. The van der Waals surface area contributed by atoms with Gasteiger partial charge in [-0.1, -0.05) is 25.5 Å². The number of fused-ring (bicyclic) bond motifs is 5. The number of allylic oxidation sites excluding steroid dienone is 4. The van der Waals surface area contributed by atoms with Crippen LogP contribution in [0.2, 0.25) is 0 Å². The molecule has 4 N–H and O–H groups in total. The van der Waals surface area contributed by atoms with E-state index in [0.717, 1.165) is 24.8 Å². The molecule has 0 spiro atoms. The van der Waals surface area contributed by atoms with Crippen LogP contribution in [-0.4, -0.2) is 40.0 Å². The average Bonchev–Trinajstić information content (AvgIpc) is 2.86. The van der Waals surface area contributed by atoms with E-state index in [1.165, 1.54) is 0 Å². The topological polar surface area (TPSA) is 101 Å². The summed E-state index contributed by atoms with van der Waals surface area (Å²) in [5, 5.41) is 22.4. The number of carbonyl (C=O) groups excluding carboxylic acids is 2. The van der Waals surface area contributed by atoms with E-state index >= 15 is 0 Å². The lowest BCUT2D eigenvalue weighted by Gasteiger charge is -2.59. The van der Waals surface area contributed by atoms with E-state index in [2.05, 4.69) is 6.92 Å². The third-order valence-corrected chi connectivity index (χ3v) is 8.29. The van der Waals surface area contributed by atoms with Gasteiger partial charge < -0.3 is 15.9 Å². The Bertz CT molecular complexity index is 728. The van der Waals surface area contributed by atoms with Gasteiger partial charge in [0.2, 0.25) is 0 Å². The minimum Gasteiger partial charge on any atom is -0.393 e. The second-order valence-electron chi connectivity index (χ2n) is 9.24. The zero-order valence-electron chi connectivity index (χ0n) is 15.6. The first kappa shape index (κ1) is 18.1. The number of nitrogens with two attached hydrogens (primary N) is 1. The van der Waals surface area contributed by atoms with Crippen LogP contribution in [0.15, 0.2) is 23.8 Å². The molecule has 0 saturated heterocycles. The minimum atomic E-state index is -1.44. The van der Waals surface area contributed by atoms with Crippen molar-refractivity contribution in [3.63, 3.8) is 0 Å². The van der Waals surface area contributed by atoms with E-state index in [0.29, 0.717) is 12.8 Å². The van der Waals surface area contributed by atoms with Crippen molar-refractivity contribution in [1.82, 2.24) is 0 Å². The maximum absolute atomic E-state index is 12.5. The van der Waals surface area contributed by atoms with Crippen LogP contribution >= 0.6 is 0 Å². The van der Waals surface area contributed by atoms with Gasteiger partial charge in [-0.15, -0.1) is 0 Å². The smallest absolute Gasteiger partial charge is 0.178 e. The number of hydrogen-bond acceptors (Lipinski definition) is 5. The Labute approximate surface area is 154 Å². The lowest BCUT2D eigenvalue weighted by molar-refractivity contribution is -0.175. The number of Topliss-reactive ketones (excluding diaryl/α,β-unsaturated/α-hetero) is 1. The van der Waals surface area contributed by atoms with Crippen LogP contribution in [0.3, 0.4) is 0 Å². The van der Waals surface area contributed by atoms with E-state index in [1.54, 1.807) is 12.2 Å². The summed E-state index contributed by atoms with van der Waals surface area (Å²) in [6.45, 7) is 3.92. The Balaban J connectivity index is 1.75. The standard InChI is InChI=1S/C21H29NO4/c1-19-7-5-13(23)9-12(19)3-4-14-15-6-8-21(26,17(25)11-22)20(15,2)10-16(24)18(14)19/h5,7,9,14-16,18,24,26H,3-4,6,8,10-11,22H2,1-2H3/t14-,15-,16-,18+,19-,20-,21-/m0/s1. The maximum atomic E-state index is 12.5. The Morgan fingerprint density at radius 1 is 1.35 bits per heavy atom. The summed E-state index contributed by atoms with van der Waals surface area (Å²) in [4.78, 5) is 24.3. The fourth-order valence-electron chi connectivity index (χ4n) is 6.96. The lowest BCUT2D eigenvalue weighted by Crippen LogP contribution is -2.62. The molecule has 0 heterocycles. The molecular weight excluding hydrogens is 330 g/mol. The summed E-state index contributed by atoms with van der Waals surface area (Å²) in [6, 6.07) is 0. The van der Waals surface area contributed by atoms with Crippen molar-refractivity contribution in [2.24, 2.45) is 34.3 Å². The van der Waals surface area contributed by atoms with Crippen molar-refractivity contribution in [2.45, 2.75) is 57.7 Å². The van der Waals surface area contributed by atoms with Crippen LogP contribution in [0.1, 0.15) is 46.0 Å². The van der Waals surface area contributed by atoms with Crippen LogP contribution in [0.25, 0.3) is 0 Å². The molecule has 0 amide bonds. The van der Waals surface area contributed by atoms with Gasteiger partial charge in [0.25, 0.3) is 0 Å². The van der Waals surface area contributed by atoms with Gasteiger partial charge in [0.05, 0.1) is 12.6 Å². The highest BCUT2D eigenvalue weighted by Crippen LogP contribution is 2.66. The molecule has 5 nitrogen and oxygen atoms in total. The number of hydrogen-bond donors (Lipinski definition) is 3. The van der Waals surface area contributed by atoms with Gasteiger partial charge in [0, 0.05) is 16.7 Å². The van der Waals surface area contributed by atoms with Crippen molar-refractivity contribution >= 4 is 11.6 Å². The molecular formula is C21H29NO4. The van der Waals surface area contributed by atoms with Crippen LogP contribution in [0, 0.1) is 28.6 Å². The SMILES string of the molecule is C[C@]12C=CC(=O)C=C1CC[C@@H]1[C@@H]2[C@@H](O)C[C@@]2(C)[C@H]1CC[C@]2(O)C(=O)CN. The average molecular weight is 359 g/mol. The van der Waals surface area contributed by atoms with Crippen molar-refractivity contribution in [2.75, 3.05) is 6.54 Å². The third kappa shape index (κ3) is 2.08. The van der Waals surface area contributed by atoms with Gasteiger partial charge >= 0.3 is 0 Å². The van der Waals surface area contributed by atoms with Gasteiger partial charge in [0.1, 0.15) is 5.60 Å². The zero-order valence-corrected chi connectivity index (χ0v) is 15.6. The summed E-state index contributed by atoms with van der Waals surface area (Å²) in [6.07, 6.45) is 8.02. The fourth-order valence-corrected chi connectivity index (χ4v) is 6.96. The fraction of sp³-hybridized carbons (Fsp3) is 0.714.